The number of hydrogen-bond donors (Lipinski definition) is 0. The summed E-state index contributed by atoms with van der Waals surface area (Å²) >= 11 is 0. The Bertz CT molecular complexity index is 3300. The third-order valence-electron chi connectivity index (χ3n) is 21.4. The predicted octanol–water partition coefficient (Wildman–Crippen LogP) is 15.3. The predicted molar refractivity (Wildman–Crippen MR) is 282 cm³/mol. The fraction of sp³-hybridized carbons (Fsp3) is 0.469. The number of hydrogen-bond acceptors (Lipinski definition) is 1. The molecule has 2 nitrogen and oxygen atoms in total. The normalized spacial score (nSPS) is 31.8. The lowest BCUT2D eigenvalue weighted by atomic mass is 9.44. The van der Waals surface area contributed by atoms with Crippen LogP contribution in [0.25, 0.3) is 43.7 Å². The highest BCUT2D eigenvalue weighted by Crippen LogP contribution is 2.64. The third kappa shape index (κ3) is 5.10. The molecule has 11 aliphatic rings. The SMILES string of the molecule is Cc1cc2c3c(c1)N(c1cc4c(cc1C)C(C)(C)CCC4(C)C)c1ccc4ccccc4c1B3n1c3ccc(C45CC6CC(CC(C6)C4)C5)cc3c3cc(C45CC6CC(CC(C6)C4)C5)cc-2c31. The lowest BCUT2D eigenvalue weighted by molar-refractivity contribution is -0.00527. The molecule has 1 aromatic heterocycles. The Morgan fingerprint density at radius 1 is 0.493 bits per heavy atom. The largest absolute Gasteiger partial charge is 0.375 e. The third-order valence-corrected chi connectivity index (χ3v) is 21.4. The number of aryl methyl sites for hydroxylation is 2. The summed E-state index contributed by atoms with van der Waals surface area (Å²) < 4.78 is 2.90. The van der Waals surface area contributed by atoms with Crippen LogP contribution < -0.4 is 15.8 Å². The van der Waals surface area contributed by atoms with Crippen molar-refractivity contribution in [1.29, 1.82) is 0 Å². The fourth-order valence-electron chi connectivity index (χ4n) is 19.2. The number of benzene rings is 6. The second-order valence-corrected chi connectivity index (χ2v) is 26.6. The lowest BCUT2D eigenvalue weighted by Gasteiger charge is -2.57. The van der Waals surface area contributed by atoms with Gasteiger partial charge in [-0.25, -0.2) is 0 Å². The van der Waals surface area contributed by atoms with E-state index in [1.807, 2.05) is 0 Å². The minimum atomic E-state index is 0.0551. The van der Waals surface area contributed by atoms with Gasteiger partial charge in [0.1, 0.15) is 0 Å². The Labute approximate surface area is 399 Å². The monoisotopic (exact) mass is 875 g/mol. The van der Waals surface area contributed by atoms with Crippen molar-refractivity contribution in [2.45, 2.75) is 153 Å². The summed E-state index contributed by atoms with van der Waals surface area (Å²) in [6, 6.07) is 38.4. The lowest BCUT2D eigenvalue weighted by Crippen LogP contribution is -2.57. The average Bonchev–Trinajstić information content (AvgIpc) is 3.62. The Hall–Kier alpha value is -4.76. The highest BCUT2D eigenvalue weighted by molar-refractivity contribution is 6.91. The number of rotatable bonds is 3. The Morgan fingerprint density at radius 3 is 1.75 bits per heavy atom. The van der Waals surface area contributed by atoms with Crippen molar-refractivity contribution < 1.29 is 0 Å². The molecule has 9 aliphatic carbocycles. The zero-order valence-corrected chi connectivity index (χ0v) is 41.0. The van der Waals surface area contributed by atoms with E-state index in [0.717, 1.165) is 35.5 Å². The van der Waals surface area contributed by atoms with Crippen LogP contribution in [0.3, 0.4) is 0 Å². The van der Waals surface area contributed by atoms with Crippen LogP contribution in [0.15, 0.2) is 91.0 Å². The molecule has 3 heterocycles. The van der Waals surface area contributed by atoms with Crippen molar-refractivity contribution in [3.05, 3.63) is 124 Å². The van der Waals surface area contributed by atoms with Crippen LogP contribution in [-0.4, -0.2) is 11.3 Å². The summed E-state index contributed by atoms with van der Waals surface area (Å²) in [4.78, 5) is 2.75. The first kappa shape index (κ1) is 39.1. The molecule has 3 heteroatoms. The standard InChI is InChI=1S/C64H67BN2/c1-36-17-49-51-28-46(64-33-41-23-42(34-64)25-43(24-41)35-64)27-50-48-26-45(63-30-38-20-39(31-63)22-40(21-38)32-63)12-14-54(48)67(60(50)51)65-58-47-10-8-7-9-44(47)11-13-55(58)66(57(18-36)59(49)65)56-29-53-52(19-37(56)2)61(3,4)15-16-62(53,5)6/h7-14,17-19,26-29,38-43H,15-16,20-25,30-35H2,1-6H3. The van der Waals surface area contributed by atoms with Crippen LogP contribution in [0.2, 0.25) is 0 Å². The smallest absolute Gasteiger partial charge is 0.333 e. The van der Waals surface area contributed by atoms with E-state index < -0.39 is 0 Å². The van der Waals surface area contributed by atoms with Crippen LogP contribution in [-0.2, 0) is 21.7 Å². The van der Waals surface area contributed by atoms with E-state index in [-0.39, 0.29) is 17.7 Å². The van der Waals surface area contributed by atoms with E-state index in [1.54, 1.807) is 16.7 Å². The quantitative estimate of drug-likeness (QED) is 0.161. The molecule has 0 spiro atoms. The van der Waals surface area contributed by atoms with Crippen molar-refractivity contribution in [2.24, 2.45) is 35.5 Å². The van der Waals surface area contributed by atoms with Gasteiger partial charge in [-0.1, -0.05) is 76.2 Å². The molecule has 2 aliphatic heterocycles. The molecular formula is C64H67BN2. The second-order valence-electron chi connectivity index (χ2n) is 26.6. The highest BCUT2D eigenvalue weighted by atomic mass is 15.2. The van der Waals surface area contributed by atoms with E-state index in [0.29, 0.717) is 10.8 Å². The van der Waals surface area contributed by atoms with Gasteiger partial charge in [0.2, 0.25) is 0 Å². The van der Waals surface area contributed by atoms with Gasteiger partial charge < -0.3 is 9.38 Å². The molecule has 0 unspecified atom stereocenters. The summed E-state index contributed by atoms with van der Waals surface area (Å²) in [5, 5.41) is 5.79. The Morgan fingerprint density at radius 2 is 1.09 bits per heavy atom. The molecule has 18 rings (SSSR count). The average molecular weight is 875 g/mol. The number of nitrogens with zero attached hydrogens (tertiary/aromatic N) is 2. The van der Waals surface area contributed by atoms with Gasteiger partial charge >= 0.3 is 6.85 Å². The summed E-state index contributed by atoms with van der Waals surface area (Å²) in [6.07, 6.45) is 19.8. The molecule has 336 valence electrons. The maximum Gasteiger partial charge on any atom is 0.333 e. The van der Waals surface area contributed by atoms with Crippen LogP contribution in [0.5, 0.6) is 0 Å². The number of anilines is 3. The van der Waals surface area contributed by atoms with Crippen LogP contribution in [0.1, 0.15) is 151 Å². The second kappa shape index (κ2) is 12.7. The van der Waals surface area contributed by atoms with Crippen LogP contribution in [0.4, 0.5) is 17.1 Å². The molecule has 0 radical (unpaired) electrons. The molecular weight excluding hydrogens is 808 g/mol. The minimum Gasteiger partial charge on any atom is -0.375 e. The first-order valence-corrected chi connectivity index (χ1v) is 27.1. The topological polar surface area (TPSA) is 8.17 Å². The molecule has 8 bridgehead atoms. The molecule has 0 amide bonds. The van der Waals surface area contributed by atoms with Gasteiger partial charge in [0.25, 0.3) is 0 Å². The zero-order chi connectivity index (χ0) is 44.7. The Kier molecular flexibility index (Phi) is 7.42. The summed E-state index contributed by atoms with van der Waals surface area (Å²) in [7, 11) is 0. The van der Waals surface area contributed by atoms with Crippen molar-refractivity contribution in [3.63, 3.8) is 0 Å². The van der Waals surface area contributed by atoms with Crippen LogP contribution >= 0.6 is 0 Å². The van der Waals surface area contributed by atoms with E-state index in [2.05, 4.69) is 142 Å². The van der Waals surface area contributed by atoms with Crippen molar-refractivity contribution in [3.8, 4) is 11.1 Å². The van der Waals surface area contributed by atoms with Crippen molar-refractivity contribution >= 4 is 67.4 Å². The van der Waals surface area contributed by atoms with Gasteiger partial charge in [0.15, 0.2) is 0 Å². The van der Waals surface area contributed by atoms with Gasteiger partial charge in [-0.2, -0.15) is 0 Å². The number of aromatic nitrogens is 1. The van der Waals surface area contributed by atoms with E-state index >= 15 is 0 Å². The molecule has 0 saturated heterocycles. The molecule has 0 N–H and O–H groups in total. The molecule has 67 heavy (non-hydrogen) atoms. The zero-order valence-electron chi connectivity index (χ0n) is 41.0. The molecule has 8 fully saturated rings. The van der Waals surface area contributed by atoms with Gasteiger partial charge in [0, 0.05) is 44.4 Å². The molecule has 0 atom stereocenters. The highest BCUT2D eigenvalue weighted by Gasteiger charge is 2.54. The van der Waals surface area contributed by atoms with E-state index in [1.165, 1.54) is 178 Å². The van der Waals surface area contributed by atoms with Gasteiger partial charge in [0.05, 0.1) is 0 Å². The fourth-order valence-corrected chi connectivity index (χ4v) is 19.2. The van der Waals surface area contributed by atoms with Gasteiger partial charge in [-0.05, 0) is 264 Å². The number of fused-ring (bicyclic) bond motifs is 10. The van der Waals surface area contributed by atoms with Gasteiger partial charge in [-0.15, -0.1) is 0 Å². The summed E-state index contributed by atoms with van der Waals surface area (Å²) in [6.45, 7) is 14.8. The maximum atomic E-state index is 2.90. The van der Waals surface area contributed by atoms with Crippen molar-refractivity contribution in [1.82, 2.24) is 4.48 Å². The van der Waals surface area contributed by atoms with Crippen LogP contribution in [0, 0.1) is 49.4 Å². The Balaban J connectivity index is 1.01. The summed E-state index contributed by atoms with van der Waals surface area (Å²) in [5.74, 6) is 5.53. The maximum absolute atomic E-state index is 2.90. The van der Waals surface area contributed by atoms with E-state index in [9.17, 15) is 0 Å². The first-order chi connectivity index (χ1) is 32.3. The minimum absolute atomic E-state index is 0.0551. The van der Waals surface area contributed by atoms with E-state index in [4.69, 9.17) is 0 Å². The molecule has 6 aromatic carbocycles. The molecule has 7 aromatic rings. The first-order valence-electron chi connectivity index (χ1n) is 27.1. The summed E-state index contributed by atoms with van der Waals surface area (Å²) in [5.41, 5.74) is 23.1. The molecule has 8 saturated carbocycles. The van der Waals surface area contributed by atoms with Gasteiger partial charge in [-0.3, -0.25) is 0 Å². The van der Waals surface area contributed by atoms with Crippen molar-refractivity contribution in [2.75, 3.05) is 4.90 Å².